The van der Waals surface area contributed by atoms with E-state index in [1.54, 1.807) is 24.3 Å². The zero-order chi connectivity index (χ0) is 15.7. The largest absolute Gasteiger partial charge is 0.395 e. The molecule has 0 aliphatic rings. The number of aliphatic hydroxyl groups excluding tert-OH is 1. The van der Waals surface area contributed by atoms with E-state index in [4.69, 9.17) is 10.4 Å². The van der Waals surface area contributed by atoms with Crippen molar-refractivity contribution in [2.45, 2.75) is 32.7 Å². The first kappa shape index (κ1) is 17.2. The molecule has 1 aromatic rings. The number of anilines is 1. The summed E-state index contributed by atoms with van der Waals surface area (Å²) in [7, 11) is 0. The van der Waals surface area contributed by atoms with Gasteiger partial charge in [0.2, 0.25) is 5.91 Å². The maximum Gasteiger partial charge on any atom is 0.241 e. The summed E-state index contributed by atoms with van der Waals surface area (Å²) < 4.78 is 0. The van der Waals surface area contributed by atoms with E-state index in [1.165, 1.54) is 0 Å². The molecule has 5 nitrogen and oxygen atoms in total. The molecule has 0 saturated heterocycles. The molecule has 1 atom stereocenters. The number of carbonyl (C=O) groups excluding carboxylic acids is 1. The van der Waals surface area contributed by atoms with E-state index in [1.807, 2.05) is 17.9 Å². The molecule has 0 spiro atoms. The number of nitrogens with zero attached hydrogens (tertiary/aromatic N) is 2. The van der Waals surface area contributed by atoms with Crippen LogP contribution in [-0.4, -0.2) is 41.7 Å². The van der Waals surface area contributed by atoms with Crippen LogP contribution in [0.2, 0.25) is 0 Å². The van der Waals surface area contributed by atoms with Gasteiger partial charge in [0.15, 0.2) is 0 Å². The van der Waals surface area contributed by atoms with Crippen molar-refractivity contribution in [3.05, 3.63) is 29.8 Å². The summed E-state index contributed by atoms with van der Waals surface area (Å²) in [5.74, 6) is -0.130. The molecule has 114 valence electrons. The van der Waals surface area contributed by atoms with E-state index in [0.29, 0.717) is 17.8 Å². The first-order valence-corrected chi connectivity index (χ1v) is 7.28. The van der Waals surface area contributed by atoms with Crippen molar-refractivity contribution in [1.29, 1.82) is 5.26 Å². The summed E-state index contributed by atoms with van der Waals surface area (Å²) in [5, 5.41) is 20.8. The fraction of sp³-hybridized carbons (Fsp3) is 0.500. The van der Waals surface area contributed by atoms with Gasteiger partial charge in [-0.25, -0.2) is 0 Å². The van der Waals surface area contributed by atoms with Gasteiger partial charge in [0.25, 0.3) is 0 Å². The van der Waals surface area contributed by atoms with E-state index < -0.39 is 0 Å². The highest BCUT2D eigenvalue weighted by molar-refractivity contribution is 5.94. The average Bonchev–Trinajstić information content (AvgIpc) is 2.50. The highest BCUT2D eigenvalue weighted by Gasteiger charge is 2.20. The second-order valence-corrected chi connectivity index (χ2v) is 4.97. The molecule has 0 aromatic heterocycles. The number of amides is 1. The monoisotopic (exact) mass is 289 g/mol. The molecule has 0 saturated carbocycles. The van der Waals surface area contributed by atoms with Gasteiger partial charge in [0, 0.05) is 12.2 Å². The Labute approximate surface area is 126 Å². The molecule has 0 fully saturated rings. The van der Waals surface area contributed by atoms with E-state index in [2.05, 4.69) is 12.2 Å². The fourth-order valence-corrected chi connectivity index (χ4v) is 2.07. The van der Waals surface area contributed by atoms with Crippen LogP contribution < -0.4 is 5.32 Å². The van der Waals surface area contributed by atoms with E-state index in [0.717, 1.165) is 19.4 Å². The number of hydrogen-bond donors (Lipinski definition) is 2. The number of unbranched alkanes of at least 4 members (excludes halogenated alkanes) is 1. The van der Waals surface area contributed by atoms with E-state index >= 15 is 0 Å². The Balaban J connectivity index is 2.68. The molecule has 5 heteroatoms. The highest BCUT2D eigenvalue weighted by atomic mass is 16.3. The molecule has 21 heavy (non-hydrogen) atoms. The summed E-state index contributed by atoms with van der Waals surface area (Å²) >= 11 is 0. The second-order valence-electron chi connectivity index (χ2n) is 4.97. The predicted octanol–water partition coefficient (Wildman–Crippen LogP) is 1.98. The fourth-order valence-electron chi connectivity index (χ4n) is 2.07. The van der Waals surface area contributed by atoms with Crippen molar-refractivity contribution >= 4 is 11.6 Å². The molecule has 1 aromatic carbocycles. The minimum absolute atomic E-state index is 0.0330. The molecular formula is C16H23N3O2. The summed E-state index contributed by atoms with van der Waals surface area (Å²) in [5.41, 5.74) is 1.13. The van der Waals surface area contributed by atoms with Crippen LogP contribution in [-0.2, 0) is 4.79 Å². The van der Waals surface area contributed by atoms with Gasteiger partial charge in [0.1, 0.15) is 0 Å². The van der Waals surface area contributed by atoms with Gasteiger partial charge in [0.05, 0.1) is 24.3 Å². The van der Waals surface area contributed by atoms with E-state index in [-0.39, 0.29) is 18.6 Å². The van der Waals surface area contributed by atoms with Crippen LogP contribution >= 0.6 is 0 Å². The first-order chi connectivity index (χ1) is 10.1. The Bertz CT molecular complexity index is 497. The quantitative estimate of drug-likeness (QED) is 0.767. The van der Waals surface area contributed by atoms with Crippen LogP contribution in [0.1, 0.15) is 32.3 Å². The van der Waals surface area contributed by atoms with Crippen LogP contribution in [0.5, 0.6) is 0 Å². The van der Waals surface area contributed by atoms with Crippen LogP contribution in [0, 0.1) is 11.3 Å². The Morgan fingerprint density at radius 3 is 2.86 bits per heavy atom. The SMILES string of the molecule is CCCCN(CCO)C(C)C(=O)Nc1cccc(C#N)c1. The maximum absolute atomic E-state index is 12.3. The van der Waals surface area contributed by atoms with Gasteiger partial charge in [-0.3, -0.25) is 9.69 Å². The van der Waals surface area contributed by atoms with Crippen molar-refractivity contribution in [3.8, 4) is 6.07 Å². The molecule has 0 heterocycles. The van der Waals surface area contributed by atoms with E-state index in [9.17, 15) is 4.79 Å². The minimum Gasteiger partial charge on any atom is -0.395 e. The Hall–Kier alpha value is -1.90. The van der Waals surface area contributed by atoms with Gasteiger partial charge in [-0.05, 0) is 38.1 Å². The first-order valence-electron chi connectivity index (χ1n) is 7.28. The van der Waals surface area contributed by atoms with Crippen molar-refractivity contribution in [2.24, 2.45) is 0 Å². The minimum atomic E-state index is -0.325. The standard InChI is InChI=1S/C16H23N3O2/c1-3-4-8-19(9-10-20)13(2)16(21)18-15-7-5-6-14(11-15)12-17/h5-7,11,13,20H,3-4,8-10H2,1-2H3,(H,18,21). The average molecular weight is 289 g/mol. The van der Waals surface area contributed by atoms with Gasteiger partial charge < -0.3 is 10.4 Å². The molecule has 0 aliphatic heterocycles. The van der Waals surface area contributed by atoms with Gasteiger partial charge in [-0.1, -0.05) is 19.4 Å². The Morgan fingerprint density at radius 1 is 1.48 bits per heavy atom. The zero-order valence-corrected chi connectivity index (χ0v) is 12.7. The Morgan fingerprint density at radius 2 is 2.24 bits per heavy atom. The van der Waals surface area contributed by atoms with Crippen molar-refractivity contribution in [2.75, 3.05) is 25.0 Å². The second kappa shape index (κ2) is 9.11. The lowest BCUT2D eigenvalue weighted by Gasteiger charge is -2.27. The maximum atomic E-state index is 12.3. The van der Waals surface area contributed by atoms with Crippen molar-refractivity contribution < 1.29 is 9.90 Å². The lowest BCUT2D eigenvalue weighted by molar-refractivity contribution is -0.120. The number of rotatable bonds is 8. The molecule has 1 rings (SSSR count). The number of carbonyl (C=O) groups is 1. The molecule has 2 N–H and O–H groups in total. The van der Waals surface area contributed by atoms with Gasteiger partial charge >= 0.3 is 0 Å². The third kappa shape index (κ3) is 5.54. The molecule has 1 amide bonds. The third-order valence-electron chi connectivity index (χ3n) is 3.37. The topological polar surface area (TPSA) is 76.4 Å². The zero-order valence-electron chi connectivity index (χ0n) is 12.7. The van der Waals surface area contributed by atoms with Gasteiger partial charge in [-0.2, -0.15) is 5.26 Å². The van der Waals surface area contributed by atoms with Crippen LogP contribution in [0.3, 0.4) is 0 Å². The number of hydrogen-bond acceptors (Lipinski definition) is 4. The number of benzene rings is 1. The van der Waals surface area contributed by atoms with Crippen LogP contribution in [0.25, 0.3) is 0 Å². The summed E-state index contributed by atoms with van der Waals surface area (Å²) in [6, 6.07) is 8.56. The van der Waals surface area contributed by atoms with Crippen LogP contribution in [0.15, 0.2) is 24.3 Å². The smallest absolute Gasteiger partial charge is 0.241 e. The Kier molecular flexibility index (Phi) is 7.44. The molecular weight excluding hydrogens is 266 g/mol. The number of aliphatic hydroxyl groups is 1. The number of nitriles is 1. The van der Waals surface area contributed by atoms with Crippen molar-refractivity contribution in [3.63, 3.8) is 0 Å². The van der Waals surface area contributed by atoms with Crippen molar-refractivity contribution in [1.82, 2.24) is 4.90 Å². The van der Waals surface area contributed by atoms with Crippen LogP contribution in [0.4, 0.5) is 5.69 Å². The lowest BCUT2D eigenvalue weighted by atomic mass is 10.2. The predicted molar refractivity (Wildman–Crippen MR) is 82.8 cm³/mol. The summed E-state index contributed by atoms with van der Waals surface area (Å²) in [4.78, 5) is 14.2. The van der Waals surface area contributed by atoms with Gasteiger partial charge in [-0.15, -0.1) is 0 Å². The highest BCUT2D eigenvalue weighted by Crippen LogP contribution is 2.11. The third-order valence-corrected chi connectivity index (χ3v) is 3.37. The number of nitrogens with one attached hydrogen (secondary N) is 1. The molecule has 1 unspecified atom stereocenters. The molecule has 0 radical (unpaired) electrons. The summed E-state index contributed by atoms with van der Waals surface area (Å²) in [6.45, 7) is 5.21. The molecule has 0 bridgehead atoms. The normalized spacial score (nSPS) is 12.0. The lowest BCUT2D eigenvalue weighted by Crippen LogP contribution is -2.43. The molecule has 0 aliphatic carbocycles. The summed E-state index contributed by atoms with van der Waals surface area (Å²) in [6.07, 6.45) is 2.03.